The summed E-state index contributed by atoms with van der Waals surface area (Å²) in [4.78, 5) is 0. The predicted octanol–water partition coefficient (Wildman–Crippen LogP) is 2.92. The first-order valence-electron chi connectivity index (χ1n) is 4.70. The summed E-state index contributed by atoms with van der Waals surface area (Å²) in [7, 11) is 0. The van der Waals surface area contributed by atoms with Crippen molar-refractivity contribution in [1.29, 1.82) is 0 Å². The van der Waals surface area contributed by atoms with E-state index in [0.717, 1.165) is 0 Å². The Morgan fingerprint density at radius 2 is 2.06 bits per heavy atom. The Hall–Kier alpha value is -0.350. The van der Waals surface area contributed by atoms with Crippen LogP contribution in [0.3, 0.4) is 0 Å². The first kappa shape index (κ1) is 15.7. The molecule has 0 aromatic heterocycles. The van der Waals surface area contributed by atoms with Crippen LogP contribution in [0.4, 0.5) is 4.39 Å². The van der Waals surface area contributed by atoms with Gasteiger partial charge < -0.3 is 10.8 Å². The summed E-state index contributed by atoms with van der Waals surface area (Å²) in [5.41, 5.74) is 6.08. The van der Waals surface area contributed by atoms with Gasteiger partial charge in [0.25, 0.3) is 0 Å². The molecule has 1 aromatic rings. The molecule has 0 aliphatic carbocycles. The lowest BCUT2D eigenvalue weighted by Gasteiger charge is -2.29. The van der Waals surface area contributed by atoms with Crippen molar-refractivity contribution in [2.75, 3.05) is 6.61 Å². The number of benzene rings is 1. The van der Waals surface area contributed by atoms with Gasteiger partial charge in [0, 0.05) is 18.1 Å². The molecular formula is C11H16Cl2FNO. The van der Waals surface area contributed by atoms with Gasteiger partial charge in [-0.2, -0.15) is 0 Å². The van der Waals surface area contributed by atoms with Crippen molar-refractivity contribution in [3.8, 4) is 0 Å². The summed E-state index contributed by atoms with van der Waals surface area (Å²) in [6.45, 7) is 3.59. The molecule has 0 unspecified atom stereocenters. The summed E-state index contributed by atoms with van der Waals surface area (Å²) in [5.74, 6) is -0.488. The fourth-order valence-electron chi connectivity index (χ4n) is 1.26. The third-order valence-corrected chi connectivity index (χ3v) is 2.86. The maximum atomic E-state index is 13.2. The fraction of sp³-hybridized carbons (Fsp3) is 0.455. The van der Waals surface area contributed by atoms with Crippen molar-refractivity contribution >= 4 is 24.0 Å². The maximum Gasteiger partial charge on any atom is 0.142 e. The van der Waals surface area contributed by atoms with Gasteiger partial charge in [-0.3, -0.25) is 0 Å². The van der Waals surface area contributed by atoms with Crippen LogP contribution in [0.15, 0.2) is 18.2 Å². The van der Waals surface area contributed by atoms with Gasteiger partial charge in [-0.25, -0.2) is 4.39 Å². The van der Waals surface area contributed by atoms with Gasteiger partial charge >= 0.3 is 0 Å². The summed E-state index contributed by atoms with van der Waals surface area (Å²) in [5, 5.41) is 9.23. The molecule has 0 radical (unpaired) electrons. The van der Waals surface area contributed by atoms with Crippen LogP contribution in [0.25, 0.3) is 0 Å². The van der Waals surface area contributed by atoms with Crippen LogP contribution < -0.4 is 5.73 Å². The Kier molecular flexibility index (Phi) is 5.70. The lowest BCUT2D eigenvalue weighted by atomic mass is 9.82. The molecule has 0 aliphatic rings. The SMILES string of the molecule is CC(C)(CO)[C@@H](N)c1ccc(Cl)c(F)c1.Cl. The second-order valence-electron chi connectivity index (χ2n) is 4.30. The summed E-state index contributed by atoms with van der Waals surface area (Å²) in [6, 6.07) is 4.03. The summed E-state index contributed by atoms with van der Waals surface area (Å²) in [6.07, 6.45) is 0. The van der Waals surface area contributed by atoms with E-state index in [0.29, 0.717) is 5.56 Å². The zero-order valence-electron chi connectivity index (χ0n) is 9.21. The lowest BCUT2D eigenvalue weighted by Crippen LogP contribution is -2.32. The highest BCUT2D eigenvalue weighted by Gasteiger charge is 2.27. The normalized spacial score (nSPS) is 13.1. The van der Waals surface area contributed by atoms with Gasteiger partial charge in [-0.05, 0) is 17.7 Å². The Morgan fingerprint density at radius 3 is 2.50 bits per heavy atom. The Bertz CT molecular complexity index is 358. The van der Waals surface area contributed by atoms with E-state index in [1.54, 1.807) is 6.07 Å². The third kappa shape index (κ3) is 3.32. The largest absolute Gasteiger partial charge is 0.396 e. The van der Waals surface area contributed by atoms with Crippen LogP contribution in [0, 0.1) is 11.2 Å². The molecule has 1 atom stereocenters. The Balaban J connectivity index is 0.00000225. The average Bonchev–Trinajstić information content (AvgIpc) is 2.21. The van der Waals surface area contributed by atoms with Crippen molar-refractivity contribution in [1.82, 2.24) is 0 Å². The molecule has 16 heavy (non-hydrogen) atoms. The van der Waals surface area contributed by atoms with Crippen LogP contribution in [-0.2, 0) is 0 Å². The smallest absolute Gasteiger partial charge is 0.142 e. The molecule has 0 aliphatic heterocycles. The molecule has 1 aromatic carbocycles. The molecule has 0 amide bonds. The molecule has 3 N–H and O–H groups in total. The molecule has 92 valence electrons. The molecule has 0 saturated carbocycles. The van der Waals surface area contributed by atoms with E-state index >= 15 is 0 Å². The fourth-order valence-corrected chi connectivity index (χ4v) is 1.37. The van der Waals surface area contributed by atoms with Gasteiger partial charge in [0.2, 0.25) is 0 Å². The zero-order chi connectivity index (χ0) is 11.6. The maximum absolute atomic E-state index is 13.2. The third-order valence-electron chi connectivity index (χ3n) is 2.55. The predicted molar refractivity (Wildman–Crippen MR) is 66.5 cm³/mol. The number of aliphatic hydroxyl groups excluding tert-OH is 1. The van der Waals surface area contributed by atoms with Crippen molar-refractivity contribution < 1.29 is 9.50 Å². The molecule has 0 saturated heterocycles. The molecule has 1 rings (SSSR count). The highest BCUT2D eigenvalue weighted by atomic mass is 35.5. The van der Waals surface area contributed by atoms with Crippen molar-refractivity contribution in [2.45, 2.75) is 19.9 Å². The number of rotatable bonds is 3. The van der Waals surface area contributed by atoms with Crippen LogP contribution in [0.5, 0.6) is 0 Å². The Labute approximate surface area is 106 Å². The standard InChI is InChI=1S/C11H15ClFNO.ClH/c1-11(2,6-15)10(14)7-3-4-8(12)9(13)5-7;/h3-5,10,15H,6,14H2,1-2H3;1H/t10-;/m0./s1. The monoisotopic (exact) mass is 267 g/mol. The number of hydrogen-bond donors (Lipinski definition) is 2. The number of hydrogen-bond acceptors (Lipinski definition) is 2. The van der Waals surface area contributed by atoms with E-state index < -0.39 is 17.3 Å². The van der Waals surface area contributed by atoms with Crippen LogP contribution in [-0.4, -0.2) is 11.7 Å². The number of halogens is 3. The van der Waals surface area contributed by atoms with Crippen molar-refractivity contribution in [3.05, 3.63) is 34.6 Å². The minimum absolute atomic E-state index is 0. The molecule has 0 fully saturated rings. The molecular weight excluding hydrogens is 252 g/mol. The topological polar surface area (TPSA) is 46.2 Å². The molecule has 0 bridgehead atoms. The molecule has 5 heteroatoms. The minimum atomic E-state index is -0.488. The van der Waals surface area contributed by atoms with E-state index in [1.165, 1.54) is 12.1 Å². The quantitative estimate of drug-likeness (QED) is 0.885. The van der Waals surface area contributed by atoms with Gasteiger partial charge in [-0.1, -0.05) is 31.5 Å². The van der Waals surface area contributed by atoms with Crippen molar-refractivity contribution in [3.63, 3.8) is 0 Å². The number of aliphatic hydroxyl groups is 1. The van der Waals surface area contributed by atoms with Gasteiger partial charge in [0.15, 0.2) is 0 Å². The molecule has 0 heterocycles. The lowest BCUT2D eigenvalue weighted by molar-refractivity contribution is 0.132. The van der Waals surface area contributed by atoms with Crippen LogP contribution in [0.2, 0.25) is 5.02 Å². The molecule has 2 nitrogen and oxygen atoms in total. The second-order valence-corrected chi connectivity index (χ2v) is 4.71. The first-order chi connectivity index (χ1) is 6.88. The van der Waals surface area contributed by atoms with E-state index in [1.807, 2.05) is 13.8 Å². The zero-order valence-corrected chi connectivity index (χ0v) is 10.8. The average molecular weight is 268 g/mol. The van der Waals surface area contributed by atoms with Gasteiger partial charge in [0.05, 0.1) is 5.02 Å². The van der Waals surface area contributed by atoms with E-state index in [4.69, 9.17) is 22.4 Å². The van der Waals surface area contributed by atoms with Gasteiger partial charge in [-0.15, -0.1) is 12.4 Å². The summed E-state index contributed by atoms with van der Waals surface area (Å²) < 4.78 is 13.2. The first-order valence-corrected chi connectivity index (χ1v) is 5.07. The highest BCUT2D eigenvalue weighted by molar-refractivity contribution is 6.30. The minimum Gasteiger partial charge on any atom is -0.396 e. The highest BCUT2D eigenvalue weighted by Crippen LogP contribution is 2.31. The van der Waals surface area contributed by atoms with E-state index in [2.05, 4.69) is 0 Å². The van der Waals surface area contributed by atoms with E-state index in [9.17, 15) is 4.39 Å². The van der Waals surface area contributed by atoms with Gasteiger partial charge in [0.1, 0.15) is 5.82 Å². The molecule has 0 spiro atoms. The Morgan fingerprint density at radius 1 is 1.50 bits per heavy atom. The van der Waals surface area contributed by atoms with E-state index in [-0.39, 0.29) is 24.0 Å². The summed E-state index contributed by atoms with van der Waals surface area (Å²) >= 11 is 5.57. The number of nitrogens with two attached hydrogens (primary N) is 1. The van der Waals surface area contributed by atoms with Crippen molar-refractivity contribution in [2.24, 2.45) is 11.1 Å². The van der Waals surface area contributed by atoms with Crippen LogP contribution in [0.1, 0.15) is 25.5 Å². The second kappa shape index (κ2) is 5.82. The van der Waals surface area contributed by atoms with Crippen LogP contribution >= 0.6 is 24.0 Å².